The zero-order valence-electron chi connectivity index (χ0n) is 14.3. The number of carbonyl (C=O) groups is 1. The van der Waals surface area contributed by atoms with E-state index in [0.717, 1.165) is 12.0 Å². The molecule has 3 aromatic rings. The van der Waals surface area contributed by atoms with Gasteiger partial charge in [0, 0.05) is 23.9 Å². The Morgan fingerprint density at radius 2 is 2.07 bits per heavy atom. The number of aromatic amines is 2. The van der Waals surface area contributed by atoms with E-state index in [9.17, 15) is 14.4 Å². The molecule has 3 heterocycles. The molecule has 0 aliphatic carbocycles. The van der Waals surface area contributed by atoms with Gasteiger partial charge in [-0.2, -0.15) is 4.98 Å². The van der Waals surface area contributed by atoms with E-state index >= 15 is 0 Å². The van der Waals surface area contributed by atoms with Crippen molar-refractivity contribution in [1.82, 2.24) is 25.0 Å². The number of amides is 1. The number of likely N-dealkylation sites (tertiary alicyclic amines) is 1. The lowest BCUT2D eigenvalue weighted by atomic mass is 10.2. The van der Waals surface area contributed by atoms with E-state index in [4.69, 9.17) is 4.52 Å². The van der Waals surface area contributed by atoms with Gasteiger partial charge in [0.2, 0.25) is 17.6 Å². The van der Waals surface area contributed by atoms with Crippen LogP contribution in [0.3, 0.4) is 0 Å². The lowest BCUT2D eigenvalue weighted by Crippen LogP contribution is -2.34. The van der Waals surface area contributed by atoms with Crippen molar-refractivity contribution in [3.8, 4) is 11.4 Å². The molecule has 9 heteroatoms. The number of hydrogen-bond acceptors (Lipinski definition) is 6. The van der Waals surface area contributed by atoms with E-state index in [0.29, 0.717) is 24.7 Å². The largest absolute Gasteiger partial charge is 0.337 e. The summed E-state index contributed by atoms with van der Waals surface area (Å²) >= 11 is 0. The van der Waals surface area contributed by atoms with Crippen LogP contribution in [-0.2, 0) is 11.2 Å². The number of aromatic nitrogens is 4. The van der Waals surface area contributed by atoms with Crippen molar-refractivity contribution in [2.45, 2.75) is 25.3 Å². The maximum Gasteiger partial charge on any atom is 0.325 e. The second kappa shape index (κ2) is 7.02. The Hall–Kier alpha value is -3.49. The number of hydrogen-bond donors (Lipinski definition) is 2. The van der Waals surface area contributed by atoms with Crippen molar-refractivity contribution in [3.05, 3.63) is 68.8 Å². The molecule has 1 fully saturated rings. The van der Waals surface area contributed by atoms with Crippen LogP contribution < -0.4 is 11.2 Å². The molecule has 0 spiro atoms. The molecular weight excluding hydrogens is 350 g/mol. The van der Waals surface area contributed by atoms with Crippen molar-refractivity contribution in [2.75, 3.05) is 6.54 Å². The predicted octanol–water partition coefficient (Wildman–Crippen LogP) is 1.02. The van der Waals surface area contributed by atoms with Crippen LogP contribution in [0.25, 0.3) is 11.4 Å². The summed E-state index contributed by atoms with van der Waals surface area (Å²) in [7, 11) is 0. The third kappa shape index (κ3) is 3.43. The molecule has 1 aromatic carbocycles. The highest BCUT2D eigenvalue weighted by atomic mass is 16.5. The minimum absolute atomic E-state index is 0.109. The third-order valence-electron chi connectivity index (χ3n) is 4.57. The highest BCUT2D eigenvalue weighted by molar-refractivity contribution is 5.79. The summed E-state index contributed by atoms with van der Waals surface area (Å²) in [5.41, 5.74) is -0.120. The van der Waals surface area contributed by atoms with Gasteiger partial charge >= 0.3 is 5.69 Å². The lowest BCUT2D eigenvalue weighted by molar-refractivity contribution is -0.131. The highest BCUT2D eigenvalue weighted by Crippen LogP contribution is 2.32. The van der Waals surface area contributed by atoms with Gasteiger partial charge < -0.3 is 14.4 Å². The van der Waals surface area contributed by atoms with Crippen molar-refractivity contribution in [3.63, 3.8) is 0 Å². The Labute approximate surface area is 153 Å². The molecule has 27 heavy (non-hydrogen) atoms. The summed E-state index contributed by atoms with van der Waals surface area (Å²) in [4.78, 5) is 46.2. The molecule has 2 N–H and O–H groups in total. The average molecular weight is 367 g/mol. The van der Waals surface area contributed by atoms with Crippen molar-refractivity contribution in [1.29, 1.82) is 0 Å². The molecule has 2 aromatic heterocycles. The number of nitrogens with one attached hydrogen (secondary N) is 2. The molecular formula is C18H17N5O4. The minimum Gasteiger partial charge on any atom is -0.337 e. The smallest absolute Gasteiger partial charge is 0.325 e. The Kier molecular flexibility index (Phi) is 4.41. The van der Waals surface area contributed by atoms with Gasteiger partial charge in [-0.15, -0.1) is 0 Å². The first-order chi connectivity index (χ1) is 13.1. The first-order valence-corrected chi connectivity index (χ1v) is 8.61. The molecule has 1 amide bonds. The molecule has 1 atom stereocenters. The summed E-state index contributed by atoms with van der Waals surface area (Å²) in [5.74, 6) is 0.631. The maximum atomic E-state index is 12.7. The second-order valence-corrected chi connectivity index (χ2v) is 6.34. The van der Waals surface area contributed by atoms with Gasteiger partial charge in [-0.3, -0.25) is 14.6 Å². The fourth-order valence-corrected chi connectivity index (χ4v) is 3.23. The Balaban J connectivity index is 1.54. The van der Waals surface area contributed by atoms with Gasteiger partial charge in [0.1, 0.15) is 6.04 Å². The van der Waals surface area contributed by atoms with E-state index < -0.39 is 11.2 Å². The summed E-state index contributed by atoms with van der Waals surface area (Å²) < 4.78 is 5.40. The van der Waals surface area contributed by atoms with E-state index in [-0.39, 0.29) is 23.9 Å². The molecule has 1 aliphatic rings. The van der Waals surface area contributed by atoms with E-state index in [2.05, 4.69) is 20.1 Å². The normalized spacial score (nSPS) is 16.6. The number of H-pyrrole nitrogens is 2. The fourth-order valence-electron chi connectivity index (χ4n) is 3.23. The predicted molar refractivity (Wildman–Crippen MR) is 94.8 cm³/mol. The van der Waals surface area contributed by atoms with Gasteiger partial charge in [0.15, 0.2) is 0 Å². The standard InChI is InChI=1S/C18H17N5O4/c24-14(9-12-10-19-18(26)21-16(12)25)23-8-4-7-13(23)17-20-15(22-27-17)11-5-2-1-3-6-11/h1-3,5-6,10,13H,4,7-9H2,(H2,19,21,25,26). The molecule has 1 saturated heterocycles. The summed E-state index contributed by atoms with van der Waals surface area (Å²) in [6.45, 7) is 0.549. The SMILES string of the molecule is O=C(Cc1c[nH]c(=O)[nH]c1=O)N1CCCC1c1nc(-c2ccccc2)no1. The second-order valence-electron chi connectivity index (χ2n) is 6.34. The van der Waals surface area contributed by atoms with E-state index in [1.165, 1.54) is 6.20 Å². The molecule has 0 radical (unpaired) electrons. The van der Waals surface area contributed by atoms with Gasteiger partial charge in [0.25, 0.3) is 5.56 Å². The van der Waals surface area contributed by atoms with Gasteiger partial charge in [0.05, 0.1) is 6.42 Å². The number of nitrogens with zero attached hydrogens (tertiary/aromatic N) is 3. The zero-order valence-corrected chi connectivity index (χ0v) is 14.3. The van der Waals surface area contributed by atoms with Crippen LogP contribution in [0, 0.1) is 0 Å². The Bertz CT molecular complexity index is 1070. The minimum atomic E-state index is -0.602. The topological polar surface area (TPSA) is 125 Å². The van der Waals surface area contributed by atoms with Crippen molar-refractivity contribution in [2.24, 2.45) is 0 Å². The quantitative estimate of drug-likeness (QED) is 0.709. The highest BCUT2D eigenvalue weighted by Gasteiger charge is 2.34. The summed E-state index contributed by atoms with van der Waals surface area (Å²) in [6, 6.07) is 9.13. The zero-order chi connectivity index (χ0) is 18.8. The molecule has 0 saturated carbocycles. The van der Waals surface area contributed by atoms with Gasteiger partial charge in [-0.1, -0.05) is 35.5 Å². The van der Waals surface area contributed by atoms with Crippen LogP contribution in [0.4, 0.5) is 0 Å². The van der Waals surface area contributed by atoms with Crippen LogP contribution in [-0.4, -0.2) is 37.5 Å². The van der Waals surface area contributed by atoms with Gasteiger partial charge in [-0.25, -0.2) is 4.79 Å². The average Bonchev–Trinajstić information content (AvgIpc) is 3.33. The number of carbonyl (C=O) groups excluding carboxylic acids is 1. The van der Waals surface area contributed by atoms with Crippen molar-refractivity contribution < 1.29 is 9.32 Å². The summed E-state index contributed by atoms with van der Waals surface area (Å²) in [6.07, 6.45) is 2.68. The fraction of sp³-hybridized carbons (Fsp3) is 0.278. The Morgan fingerprint density at radius 1 is 1.26 bits per heavy atom. The molecule has 138 valence electrons. The van der Waals surface area contributed by atoms with Crippen LogP contribution in [0.1, 0.15) is 30.3 Å². The van der Waals surface area contributed by atoms with Crippen LogP contribution in [0.2, 0.25) is 0 Å². The molecule has 9 nitrogen and oxygen atoms in total. The van der Waals surface area contributed by atoms with Crippen LogP contribution in [0.5, 0.6) is 0 Å². The number of benzene rings is 1. The van der Waals surface area contributed by atoms with Gasteiger partial charge in [-0.05, 0) is 12.8 Å². The van der Waals surface area contributed by atoms with Crippen LogP contribution >= 0.6 is 0 Å². The molecule has 4 rings (SSSR count). The lowest BCUT2D eigenvalue weighted by Gasteiger charge is -2.21. The Morgan fingerprint density at radius 3 is 2.85 bits per heavy atom. The molecule has 1 aliphatic heterocycles. The van der Waals surface area contributed by atoms with Crippen molar-refractivity contribution >= 4 is 5.91 Å². The third-order valence-corrected chi connectivity index (χ3v) is 4.57. The number of rotatable bonds is 4. The monoisotopic (exact) mass is 367 g/mol. The van der Waals surface area contributed by atoms with E-state index in [1.807, 2.05) is 30.3 Å². The first kappa shape index (κ1) is 17.0. The first-order valence-electron chi connectivity index (χ1n) is 8.61. The maximum absolute atomic E-state index is 12.7. The molecule has 1 unspecified atom stereocenters. The van der Waals surface area contributed by atoms with Crippen LogP contribution in [0.15, 0.2) is 50.6 Å². The van der Waals surface area contributed by atoms with E-state index in [1.54, 1.807) is 4.90 Å². The summed E-state index contributed by atoms with van der Waals surface area (Å²) in [5, 5.41) is 4.01. The molecule has 0 bridgehead atoms.